The zero-order chi connectivity index (χ0) is 28.4. The summed E-state index contributed by atoms with van der Waals surface area (Å²) in [4.78, 5) is 55.0. The number of aromatic nitrogens is 1. The second-order valence-corrected chi connectivity index (χ2v) is 9.38. The molecule has 5 rings (SSSR count). The zero-order valence-corrected chi connectivity index (χ0v) is 21.2. The average molecular weight is 557 g/mol. The van der Waals surface area contributed by atoms with Gasteiger partial charge in [-0.25, -0.2) is 18.4 Å². The number of aromatic amines is 1. The van der Waals surface area contributed by atoms with Crippen LogP contribution in [0.1, 0.15) is 10.5 Å². The first-order valence-corrected chi connectivity index (χ1v) is 12.5. The molecule has 1 aromatic heterocycles. The Balaban J connectivity index is 1.15. The fraction of sp³-hybridized carbons (Fsp3) is 0.308. The van der Waals surface area contributed by atoms with E-state index in [1.54, 1.807) is 6.07 Å². The predicted octanol–water partition coefficient (Wildman–Crippen LogP) is 2.12. The highest BCUT2D eigenvalue weighted by atomic mass is 19.1. The van der Waals surface area contributed by atoms with Crippen molar-refractivity contribution in [2.75, 3.05) is 55.6 Å². The SMILES string of the molecule is O=C(O)NC[C@H]1CN(c2cc(F)c(N3CCN(C(=O)CNC(=O)c4cc5ccccc5[nH]4)CC3)c(F)c2)C(=O)O1. The molecule has 40 heavy (non-hydrogen) atoms. The molecule has 2 aliphatic heterocycles. The Kier molecular flexibility index (Phi) is 7.40. The molecule has 2 saturated heterocycles. The number of piperazine rings is 1. The Morgan fingerprint density at radius 3 is 2.40 bits per heavy atom. The minimum atomic E-state index is -1.28. The smallest absolute Gasteiger partial charge is 0.414 e. The van der Waals surface area contributed by atoms with Gasteiger partial charge in [-0.05, 0) is 12.1 Å². The van der Waals surface area contributed by atoms with Crippen molar-refractivity contribution in [1.82, 2.24) is 20.5 Å². The second kappa shape index (κ2) is 11.1. The van der Waals surface area contributed by atoms with Crippen LogP contribution in [0.3, 0.4) is 0 Å². The summed E-state index contributed by atoms with van der Waals surface area (Å²) < 4.78 is 35.2. The van der Waals surface area contributed by atoms with Crippen molar-refractivity contribution in [2.45, 2.75) is 6.10 Å². The molecule has 0 spiro atoms. The van der Waals surface area contributed by atoms with E-state index in [9.17, 15) is 19.2 Å². The first-order chi connectivity index (χ1) is 19.2. The molecular weight excluding hydrogens is 530 g/mol. The number of hydrogen-bond donors (Lipinski definition) is 4. The number of carbonyl (C=O) groups excluding carboxylic acids is 3. The summed E-state index contributed by atoms with van der Waals surface area (Å²) in [5.74, 6) is -2.51. The van der Waals surface area contributed by atoms with Crippen LogP contribution in [0.4, 0.5) is 29.7 Å². The van der Waals surface area contributed by atoms with Gasteiger partial charge in [0.1, 0.15) is 17.5 Å². The number of ether oxygens (including phenoxy) is 1. The van der Waals surface area contributed by atoms with Crippen molar-refractivity contribution >= 4 is 46.3 Å². The van der Waals surface area contributed by atoms with E-state index < -0.39 is 35.8 Å². The van der Waals surface area contributed by atoms with E-state index >= 15 is 8.78 Å². The molecule has 210 valence electrons. The van der Waals surface area contributed by atoms with Crippen LogP contribution in [0.25, 0.3) is 10.9 Å². The van der Waals surface area contributed by atoms with E-state index in [-0.39, 0.29) is 63.1 Å². The van der Waals surface area contributed by atoms with Crippen LogP contribution < -0.4 is 20.4 Å². The van der Waals surface area contributed by atoms with Crippen molar-refractivity contribution < 1.29 is 37.8 Å². The highest BCUT2D eigenvalue weighted by molar-refractivity contribution is 5.99. The van der Waals surface area contributed by atoms with Crippen LogP contribution in [-0.2, 0) is 9.53 Å². The molecule has 14 heteroatoms. The Labute approximate surface area is 226 Å². The lowest BCUT2D eigenvalue weighted by molar-refractivity contribution is -0.130. The van der Waals surface area contributed by atoms with E-state index in [4.69, 9.17) is 9.84 Å². The third-order valence-corrected chi connectivity index (χ3v) is 6.79. The molecule has 3 heterocycles. The summed E-state index contributed by atoms with van der Waals surface area (Å²) in [6.07, 6.45) is -2.92. The maximum Gasteiger partial charge on any atom is 0.414 e. The van der Waals surface area contributed by atoms with Gasteiger partial charge in [-0.2, -0.15) is 0 Å². The lowest BCUT2D eigenvalue weighted by Gasteiger charge is -2.36. The lowest BCUT2D eigenvalue weighted by Crippen LogP contribution is -2.51. The molecule has 0 bridgehead atoms. The Morgan fingerprint density at radius 2 is 1.73 bits per heavy atom. The van der Waals surface area contributed by atoms with Gasteiger partial charge < -0.3 is 35.3 Å². The van der Waals surface area contributed by atoms with Gasteiger partial charge in [0.25, 0.3) is 5.91 Å². The minimum Gasteiger partial charge on any atom is -0.465 e. The fourth-order valence-electron chi connectivity index (χ4n) is 4.79. The quantitative estimate of drug-likeness (QED) is 0.349. The van der Waals surface area contributed by atoms with Gasteiger partial charge >= 0.3 is 12.2 Å². The molecule has 0 radical (unpaired) electrons. The number of cyclic esters (lactones) is 1. The molecule has 2 fully saturated rings. The topological polar surface area (TPSA) is 147 Å². The zero-order valence-electron chi connectivity index (χ0n) is 21.2. The van der Waals surface area contributed by atoms with Crippen molar-refractivity contribution in [2.24, 2.45) is 0 Å². The standard InChI is InChI=1S/C26H26F2N6O6/c27-18-10-16(34-14-17(40-26(34)39)12-30-25(37)38)11-19(28)23(18)33-7-5-32(6-8-33)22(35)13-29-24(36)21-9-15-3-1-2-4-20(15)31-21/h1-4,9-11,17,30-31H,5-8,12-14H2,(H,29,36)(H,37,38)/t17-/m0/s1. The van der Waals surface area contributed by atoms with Gasteiger partial charge in [0.2, 0.25) is 5.91 Å². The number of amides is 4. The molecule has 0 aliphatic carbocycles. The van der Waals surface area contributed by atoms with Crippen LogP contribution in [-0.4, -0.2) is 90.9 Å². The number of halogens is 2. The third-order valence-electron chi connectivity index (χ3n) is 6.79. The van der Waals surface area contributed by atoms with Gasteiger partial charge in [-0.1, -0.05) is 18.2 Å². The van der Waals surface area contributed by atoms with Crippen molar-refractivity contribution in [3.8, 4) is 0 Å². The summed E-state index contributed by atoms with van der Waals surface area (Å²) in [6.45, 7) is 0.246. The highest BCUT2D eigenvalue weighted by Crippen LogP contribution is 2.31. The average Bonchev–Trinajstić information content (AvgIpc) is 3.53. The lowest BCUT2D eigenvalue weighted by atomic mass is 10.2. The number of H-pyrrole nitrogens is 1. The summed E-state index contributed by atoms with van der Waals surface area (Å²) in [7, 11) is 0. The summed E-state index contributed by atoms with van der Waals surface area (Å²) in [5.41, 5.74) is 0.809. The Bertz CT molecular complexity index is 1410. The van der Waals surface area contributed by atoms with Gasteiger partial charge in [-0.15, -0.1) is 0 Å². The number of benzene rings is 2. The largest absolute Gasteiger partial charge is 0.465 e. The molecule has 0 saturated carbocycles. The Hall–Kier alpha value is -4.88. The molecular formula is C26H26F2N6O6. The van der Waals surface area contributed by atoms with E-state index in [0.717, 1.165) is 27.9 Å². The molecule has 2 aliphatic rings. The van der Waals surface area contributed by atoms with Gasteiger partial charge in [0.15, 0.2) is 11.6 Å². The van der Waals surface area contributed by atoms with Crippen LogP contribution in [0.5, 0.6) is 0 Å². The van der Waals surface area contributed by atoms with Gasteiger partial charge in [0, 0.05) is 49.2 Å². The fourth-order valence-corrected chi connectivity index (χ4v) is 4.79. The van der Waals surface area contributed by atoms with E-state index in [0.29, 0.717) is 5.69 Å². The number of hydrogen-bond acceptors (Lipinski definition) is 6. The van der Waals surface area contributed by atoms with E-state index in [1.807, 2.05) is 24.3 Å². The number of anilines is 2. The number of nitrogens with zero attached hydrogens (tertiary/aromatic N) is 3. The number of carboxylic acid groups (broad SMARTS) is 1. The first-order valence-electron chi connectivity index (χ1n) is 12.5. The number of fused-ring (bicyclic) bond motifs is 1. The summed E-state index contributed by atoms with van der Waals surface area (Å²) >= 11 is 0. The maximum atomic E-state index is 15.0. The molecule has 1 atom stereocenters. The van der Waals surface area contributed by atoms with E-state index in [1.165, 1.54) is 9.80 Å². The molecule has 4 N–H and O–H groups in total. The van der Waals surface area contributed by atoms with Crippen molar-refractivity contribution in [3.05, 3.63) is 59.8 Å². The summed E-state index contributed by atoms with van der Waals surface area (Å²) in [5, 5.41) is 14.3. The molecule has 2 aromatic carbocycles. The number of carbonyl (C=O) groups is 4. The van der Waals surface area contributed by atoms with Crippen LogP contribution >= 0.6 is 0 Å². The number of para-hydroxylation sites is 1. The first kappa shape index (κ1) is 26.7. The van der Waals surface area contributed by atoms with Crippen molar-refractivity contribution in [1.29, 1.82) is 0 Å². The predicted molar refractivity (Wildman–Crippen MR) is 139 cm³/mol. The molecule has 12 nitrogen and oxygen atoms in total. The Morgan fingerprint density at radius 1 is 1.02 bits per heavy atom. The van der Waals surface area contributed by atoms with Crippen LogP contribution in [0.15, 0.2) is 42.5 Å². The van der Waals surface area contributed by atoms with E-state index in [2.05, 4.69) is 15.6 Å². The monoisotopic (exact) mass is 556 g/mol. The van der Waals surface area contributed by atoms with Crippen LogP contribution in [0.2, 0.25) is 0 Å². The number of rotatable bonds is 7. The number of nitrogens with one attached hydrogen (secondary N) is 3. The molecule has 0 unspecified atom stereocenters. The second-order valence-electron chi connectivity index (χ2n) is 9.38. The van der Waals surface area contributed by atoms with Crippen LogP contribution in [0, 0.1) is 11.6 Å². The summed E-state index contributed by atoms with van der Waals surface area (Å²) in [6, 6.07) is 11.1. The van der Waals surface area contributed by atoms with Gasteiger partial charge in [-0.3, -0.25) is 14.5 Å². The maximum absolute atomic E-state index is 15.0. The minimum absolute atomic E-state index is 0.0545. The normalized spacial score (nSPS) is 17.2. The third kappa shape index (κ3) is 5.60. The molecule has 4 amide bonds. The van der Waals surface area contributed by atoms with Crippen molar-refractivity contribution in [3.63, 3.8) is 0 Å². The van der Waals surface area contributed by atoms with Gasteiger partial charge in [0.05, 0.1) is 25.3 Å². The highest BCUT2D eigenvalue weighted by Gasteiger charge is 2.34. The molecule has 3 aromatic rings.